The van der Waals surface area contributed by atoms with E-state index in [4.69, 9.17) is 5.73 Å². The molecule has 3 aromatic heterocycles. The second-order valence-electron chi connectivity index (χ2n) is 6.64. The highest BCUT2D eigenvalue weighted by Gasteiger charge is 2.20. The lowest BCUT2D eigenvalue weighted by atomic mass is 10.2. The number of para-hydroxylation sites is 1. The molecule has 0 bridgehead atoms. The lowest BCUT2D eigenvalue weighted by Gasteiger charge is -2.09. The molecule has 142 valence electrons. The van der Waals surface area contributed by atoms with Crippen molar-refractivity contribution in [3.63, 3.8) is 0 Å². The molecule has 0 saturated heterocycles. The van der Waals surface area contributed by atoms with Gasteiger partial charge in [0, 0.05) is 34.2 Å². The van der Waals surface area contributed by atoms with Crippen LogP contribution >= 0.6 is 11.3 Å². The summed E-state index contributed by atoms with van der Waals surface area (Å²) < 4.78 is 1.62. The largest absolute Gasteiger partial charge is 0.365 e. The number of H-pyrrole nitrogens is 1. The second kappa shape index (κ2) is 6.65. The third-order valence-corrected chi connectivity index (χ3v) is 6.01. The molecule has 1 amide bonds. The summed E-state index contributed by atoms with van der Waals surface area (Å²) in [7, 11) is 0. The molecule has 6 nitrogen and oxygen atoms in total. The fraction of sp³-hybridized carbons (Fsp3) is 0. The number of carbonyl (C=O) groups excluding carboxylic acids is 1. The van der Waals surface area contributed by atoms with Gasteiger partial charge in [-0.05, 0) is 42.5 Å². The van der Waals surface area contributed by atoms with Gasteiger partial charge in [-0.15, -0.1) is 11.3 Å². The van der Waals surface area contributed by atoms with E-state index in [1.165, 1.54) is 17.4 Å². The van der Waals surface area contributed by atoms with Crippen LogP contribution in [0, 0.1) is 0 Å². The normalized spacial score (nSPS) is 11.2. The zero-order chi connectivity index (χ0) is 20.0. The van der Waals surface area contributed by atoms with Crippen LogP contribution in [0.1, 0.15) is 9.67 Å². The minimum Gasteiger partial charge on any atom is -0.365 e. The number of amides is 1. The van der Waals surface area contributed by atoms with Crippen LogP contribution in [0.15, 0.2) is 77.7 Å². The molecule has 3 heterocycles. The van der Waals surface area contributed by atoms with Crippen LogP contribution in [0.2, 0.25) is 0 Å². The zero-order valence-corrected chi connectivity index (χ0v) is 16.0. The van der Waals surface area contributed by atoms with Gasteiger partial charge in [-0.3, -0.25) is 14.2 Å². The summed E-state index contributed by atoms with van der Waals surface area (Å²) in [6, 6.07) is 20.5. The standard InChI is InChI=1S/C22H16N4O2S/c23-21(28)20-19(25-14-4-2-1-3-5-14)16-7-9-18(27)26(22(16)29-20)15-6-8-17-13(12-15)10-11-24-17/h1-12,24-25H,(H2,23,28). The number of aromatic nitrogens is 2. The molecule has 5 rings (SSSR count). The quantitative estimate of drug-likeness (QED) is 0.418. The van der Waals surface area contributed by atoms with Crippen molar-refractivity contribution in [1.29, 1.82) is 0 Å². The molecule has 0 aliphatic rings. The van der Waals surface area contributed by atoms with E-state index < -0.39 is 5.91 Å². The van der Waals surface area contributed by atoms with Gasteiger partial charge in [0.15, 0.2) is 0 Å². The van der Waals surface area contributed by atoms with Crippen molar-refractivity contribution < 1.29 is 4.79 Å². The Bertz CT molecular complexity index is 1430. The summed E-state index contributed by atoms with van der Waals surface area (Å²) in [4.78, 5) is 29.1. The van der Waals surface area contributed by atoms with Crippen molar-refractivity contribution in [2.75, 3.05) is 5.32 Å². The predicted octanol–water partition coefficient (Wildman–Crippen LogP) is 4.38. The molecule has 4 N–H and O–H groups in total. The number of rotatable bonds is 4. The van der Waals surface area contributed by atoms with Crippen molar-refractivity contribution in [3.05, 3.63) is 88.2 Å². The van der Waals surface area contributed by atoms with Gasteiger partial charge in [0.05, 0.1) is 11.4 Å². The van der Waals surface area contributed by atoms with Crippen molar-refractivity contribution in [3.8, 4) is 5.69 Å². The first-order valence-corrected chi connectivity index (χ1v) is 9.81. The number of fused-ring (bicyclic) bond motifs is 2. The zero-order valence-electron chi connectivity index (χ0n) is 15.2. The molecule has 5 aromatic rings. The third-order valence-electron chi connectivity index (χ3n) is 4.80. The molecule has 0 atom stereocenters. The average Bonchev–Trinajstić information content (AvgIpc) is 3.33. The number of thiophene rings is 1. The molecule has 0 spiro atoms. The fourth-order valence-electron chi connectivity index (χ4n) is 3.47. The Morgan fingerprint density at radius 2 is 1.86 bits per heavy atom. The molecule has 7 heteroatoms. The van der Waals surface area contributed by atoms with E-state index in [0.29, 0.717) is 15.4 Å². The third kappa shape index (κ3) is 2.88. The maximum Gasteiger partial charge on any atom is 0.261 e. The Balaban J connectivity index is 1.77. The number of aromatic amines is 1. The summed E-state index contributed by atoms with van der Waals surface area (Å²) in [5.41, 5.74) is 8.66. The molecule has 29 heavy (non-hydrogen) atoms. The fourth-order valence-corrected chi connectivity index (χ4v) is 4.59. The highest BCUT2D eigenvalue weighted by atomic mass is 32.1. The molecule has 0 aliphatic carbocycles. The lowest BCUT2D eigenvalue weighted by molar-refractivity contribution is 0.100. The van der Waals surface area contributed by atoms with Crippen LogP contribution < -0.4 is 16.6 Å². The van der Waals surface area contributed by atoms with E-state index in [-0.39, 0.29) is 5.56 Å². The Morgan fingerprint density at radius 3 is 2.66 bits per heavy atom. The number of nitrogens with zero attached hydrogens (tertiary/aromatic N) is 1. The van der Waals surface area contributed by atoms with Crippen LogP contribution in [-0.2, 0) is 0 Å². The van der Waals surface area contributed by atoms with Crippen molar-refractivity contribution in [1.82, 2.24) is 9.55 Å². The van der Waals surface area contributed by atoms with Gasteiger partial charge < -0.3 is 16.0 Å². The van der Waals surface area contributed by atoms with Crippen molar-refractivity contribution in [2.45, 2.75) is 0 Å². The summed E-state index contributed by atoms with van der Waals surface area (Å²) in [5.74, 6) is -0.537. The smallest absolute Gasteiger partial charge is 0.261 e. The summed E-state index contributed by atoms with van der Waals surface area (Å²) in [5, 5.41) is 5.06. The number of pyridine rings is 1. The molecule has 0 fully saturated rings. The van der Waals surface area contributed by atoms with Crippen LogP contribution in [0.4, 0.5) is 11.4 Å². The topological polar surface area (TPSA) is 92.9 Å². The Kier molecular flexibility index (Phi) is 3.96. The van der Waals surface area contributed by atoms with Gasteiger partial charge in [-0.2, -0.15) is 0 Å². The molecular formula is C22H16N4O2S. The first kappa shape index (κ1) is 17.3. The lowest BCUT2D eigenvalue weighted by Crippen LogP contribution is -2.16. The summed E-state index contributed by atoms with van der Waals surface area (Å²) >= 11 is 1.21. The second-order valence-corrected chi connectivity index (χ2v) is 7.64. The van der Waals surface area contributed by atoms with Gasteiger partial charge in [0.1, 0.15) is 9.71 Å². The van der Waals surface area contributed by atoms with E-state index in [1.54, 1.807) is 10.6 Å². The molecular weight excluding hydrogens is 384 g/mol. The molecule has 0 unspecified atom stereocenters. The minimum atomic E-state index is -0.537. The van der Waals surface area contributed by atoms with Crippen molar-refractivity contribution >= 4 is 49.7 Å². The SMILES string of the molecule is NC(=O)c1sc2c(ccc(=O)n2-c2ccc3[nH]ccc3c2)c1Nc1ccccc1. The maximum atomic E-state index is 12.8. The van der Waals surface area contributed by atoms with Crippen LogP contribution in [0.5, 0.6) is 0 Å². The first-order valence-electron chi connectivity index (χ1n) is 9.00. The van der Waals surface area contributed by atoms with Gasteiger partial charge in [-0.25, -0.2) is 0 Å². The highest BCUT2D eigenvalue weighted by Crippen LogP contribution is 2.37. The number of hydrogen-bond donors (Lipinski definition) is 3. The number of carbonyl (C=O) groups is 1. The molecule has 0 saturated carbocycles. The van der Waals surface area contributed by atoms with Gasteiger partial charge in [-0.1, -0.05) is 18.2 Å². The Labute approximate surface area is 169 Å². The van der Waals surface area contributed by atoms with E-state index in [1.807, 2.05) is 60.8 Å². The minimum absolute atomic E-state index is 0.170. The van der Waals surface area contributed by atoms with Crippen LogP contribution in [-0.4, -0.2) is 15.5 Å². The van der Waals surface area contributed by atoms with Gasteiger partial charge in [0.2, 0.25) is 0 Å². The number of anilines is 2. The monoisotopic (exact) mass is 400 g/mol. The highest BCUT2D eigenvalue weighted by molar-refractivity contribution is 7.21. The van der Waals surface area contributed by atoms with E-state index in [9.17, 15) is 9.59 Å². The summed E-state index contributed by atoms with van der Waals surface area (Å²) in [6.07, 6.45) is 1.86. The van der Waals surface area contributed by atoms with E-state index in [0.717, 1.165) is 27.7 Å². The summed E-state index contributed by atoms with van der Waals surface area (Å²) in [6.45, 7) is 0. The van der Waals surface area contributed by atoms with E-state index in [2.05, 4.69) is 10.3 Å². The van der Waals surface area contributed by atoms with Gasteiger partial charge >= 0.3 is 0 Å². The number of nitrogens with two attached hydrogens (primary N) is 1. The molecule has 0 radical (unpaired) electrons. The van der Waals surface area contributed by atoms with Crippen molar-refractivity contribution in [2.24, 2.45) is 5.73 Å². The Morgan fingerprint density at radius 1 is 1.03 bits per heavy atom. The maximum absolute atomic E-state index is 12.8. The molecule has 0 aliphatic heterocycles. The van der Waals surface area contributed by atoms with Crippen LogP contribution in [0.3, 0.4) is 0 Å². The van der Waals surface area contributed by atoms with Crippen LogP contribution in [0.25, 0.3) is 26.8 Å². The Hall–Kier alpha value is -3.84. The average molecular weight is 400 g/mol. The number of benzene rings is 2. The first-order chi connectivity index (χ1) is 14.1. The predicted molar refractivity (Wildman–Crippen MR) is 118 cm³/mol. The molecule has 2 aromatic carbocycles. The number of hydrogen-bond acceptors (Lipinski definition) is 4. The van der Waals surface area contributed by atoms with Gasteiger partial charge in [0.25, 0.3) is 11.5 Å². The number of nitrogens with one attached hydrogen (secondary N) is 2. The van der Waals surface area contributed by atoms with E-state index >= 15 is 0 Å². The number of primary amides is 1.